The Kier molecular flexibility index (Phi) is 3.14. The summed E-state index contributed by atoms with van der Waals surface area (Å²) in [4.78, 5) is 0. The van der Waals surface area contributed by atoms with Crippen molar-refractivity contribution in [1.82, 2.24) is 0 Å². The van der Waals surface area contributed by atoms with Crippen LogP contribution in [-0.4, -0.2) is 6.61 Å². The van der Waals surface area contributed by atoms with E-state index in [1.807, 2.05) is 12.1 Å². The maximum Gasteiger partial charge on any atom is 0.403 e. The van der Waals surface area contributed by atoms with Crippen molar-refractivity contribution in [2.45, 2.75) is 12.5 Å². The van der Waals surface area contributed by atoms with Crippen LogP contribution in [0.1, 0.15) is 18.1 Å². The van der Waals surface area contributed by atoms with Crippen LogP contribution in [-0.2, 0) is 13.6 Å². The molecule has 82 valence electrons. The van der Waals surface area contributed by atoms with Gasteiger partial charge in [0.1, 0.15) is 0 Å². The lowest BCUT2D eigenvalue weighted by Gasteiger charge is -2.27. The second-order valence-corrected chi connectivity index (χ2v) is 5.30. The summed E-state index contributed by atoms with van der Waals surface area (Å²) in [6, 6.07) is 7.23. The fraction of sp³-hybridized carbons (Fsp3) is 0.333. The third-order valence-corrected chi connectivity index (χ3v) is 3.47. The molecule has 0 amide bonds. The zero-order chi connectivity index (χ0) is 10.9. The molecule has 0 radical (unpaired) electrons. The number of halogens is 1. The molecule has 1 saturated heterocycles. The van der Waals surface area contributed by atoms with Gasteiger partial charge in [-0.3, -0.25) is 9.05 Å². The number of rotatable bonds is 1. The maximum absolute atomic E-state index is 11.4. The van der Waals surface area contributed by atoms with E-state index >= 15 is 0 Å². The minimum absolute atomic E-state index is 0.298. The van der Waals surface area contributed by atoms with Crippen molar-refractivity contribution < 1.29 is 13.6 Å². The molecule has 0 unspecified atom stereocenters. The van der Waals surface area contributed by atoms with Crippen LogP contribution < -0.4 is 5.50 Å². The van der Waals surface area contributed by atoms with Gasteiger partial charge >= 0.3 is 7.75 Å². The van der Waals surface area contributed by atoms with Gasteiger partial charge in [-0.05, 0) is 17.7 Å². The first kappa shape index (κ1) is 11.1. The third-order valence-electron chi connectivity index (χ3n) is 2.15. The molecule has 0 aromatic heterocycles. The second-order valence-electron chi connectivity index (χ2n) is 3.31. The van der Waals surface area contributed by atoms with Gasteiger partial charge in [-0.15, -0.1) is 0 Å². The Hall–Kier alpha value is -0.380. The summed E-state index contributed by atoms with van der Waals surface area (Å²) in [5, 5.41) is 0.620. The molecular weight excluding hydrogens is 237 g/mol. The Labute approximate surface area is 92.9 Å². The van der Waals surface area contributed by atoms with Crippen molar-refractivity contribution in [1.29, 1.82) is 0 Å². The fourth-order valence-electron chi connectivity index (χ4n) is 1.48. The average Bonchev–Trinajstić information content (AvgIpc) is 2.16. The monoisotopic (exact) mass is 247 g/mol. The van der Waals surface area contributed by atoms with E-state index in [-0.39, 0.29) is 6.10 Å². The Bertz CT molecular complexity index is 412. The molecule has 0 bridgehead atoms. The summed E-state index contributed by atoms with van der Waals surface area (Å²) < 4.78 is 21.4. The molecule has 15 heavy (non-hydrogen) atoms. The van der Waals surface area contributed by atoms with Gasteiger partial charge in [0.2, 0.25) is 0 Å². The Balaban J connectivity index is 2.21. The van der Waals surface area contributed by atoms with Gasteiger partial charge in [0, 0.05) is 11.4 Å². The highest BCUT2D eigenvalue weighted by molar-refractivity contribution is 7.51. The molecule has 1 heterocycles. The van der Waals surface area contributed by atoms with Crippen LogP contribution in [0.5, 0.6) is 0 Å². The number of benzene rings is 1. The lowest BCUT2D eigenvalue weighted by atomic mass is 10.1. The largest absolute Gasteiger partial charge is 0.403 e. The summed E-state index contributed by atoms with van der Waals surface area (Å²) in [5.74, 6) is 0. The van der Waals surface area contributed by atoms with Gasteiger partial charge in [0.25, 0.3) is 0 Å². The summed E-state index contributed by atoms with van der Waals surface area (Å²) in [6.07, 6.45) is 0.329. The third kappa shape index (κ3) is 2.80. The number of hydrogen-bond donors (Lipinski definition) is 1. The van der Waals surface area contributed by atoms with Crippen molar-refractivity contribution in [2.75, 3.05) is 6.61 Å². The molecule has 1 aromatic carbocycles. The van der Waals surface area contributed by atoms with Crippen molar-refractivity contribution in [3.8, 4) is 0 Å². The van der Waals surface area contributed by atoms with Gasteiger partial charge in [-0.2, -0.15) is 0 Å². The maximum atomic E-state index is 11.4. The van der Waals surface area contributed by atoms with Crippen molar-refractivity contribution in [3.63, 3.8) is 0 Å². The SMILES string of the molecule is N[P@@]1(=O)OCC[C@@H](c2cccc(Cl)c2)O1. The van der Waals surface area contributed by atoms with Crippen molar-refractivity contribution >= 4 is 19.3 Å². The molecule has 0 spiro atoms. The van der Waals surface area contributed by atoms with Crippen LogP contribution in [0.4, 0.5) is 0 Å². The van der Waals surface area contributed by atoms with Gasteiger partial charge < -0.3 is 0 Å². The smallest absolute Gasteiger partial charge is 0.297 e. The number of nitrogens with two attached hydrogens (primary N) is 1. The minimum atomic E-state index is -3.37. The Morgan fingerprint density at radius 3 is 3.00 bits per heavy atom. The van der Waals surface area contributed by atoms with Crippen LogP contribution in [0, 0.1) is 0 Å². The topological polar surface area (TPSA) is 61.6 Å². The molecule has 2 rings (SSSR count). The van der Waals surface area contributed by atoms with E-state index in [1.54, 1.807) is 12.1 Å². The summed E-state index contributed by atoms with van der Waals surface area (Å²) in [7, 11) is -3.37. The van der Waals surface area contributed by atoms with E-state index in [9.17, 15) is 4.57 Å². The average molecular weight is 248 g/mol. The lowest BCUT2D eigenvalue weighted by Crippen LogP contribution is -2.17. The van der Waals surface area contributed by atoms with E-state index in [1.165, 1.54) is 0 Å². The number of hydrogen-bond acceptors (Lipinski definition) is 3. The normalized spacial score (nSPS) is 31.5. The van der Waals surface area contributed by atoms with E-state index in [0.29, 0.717) is 18.1 Å². The molecule has 0 saturated carbocycles. The summed E-state index contributed by atoms with van der Waals surface area (Å²) >= 11 is 5.85. The van der Waals surface area contributed by atoms with E-state index in [0.717, 1.165) is 5.56 Å². The van der Waals surface area contributed by atoms with Crippen molar-refractivity contribution in [2.24, 2.45) is 5.50 Å². The highest BCUT2D eigenvalue weighted by atomic mass is 35.5. The lowest BCUT2D eigenvalue weighted by molar-refractivity contribution is 0.0815. The highest BCUT2D eigenvalue weighted by Crippen LogP contribution is 2.49. The van der Waals surface area contributed by atoms with Crippen LogP contribution in [0.3, 0.4) is 0 Å². The highest BCUT2D eigenvalue weighted by Gasteiger charge is 2.30. The van der Waals surface area contributed by atoms with E-state index in [4.69, 9.17) is 26.2 Å². The second kappa shape index (κ2) is 4.24. The van der Waals surface area contributed by atoms with E-state index in [2.05, 4.69) is 0 Å². The molecule has 6 heteroatoms. The molecular formula is C9H11ClNO3P. The predicted octanol–water partition coefficient (Wildman–Crippen LogP) is 2.88. The molecule has 2 N–H and O–H groups in total. The van der Waals surface area contributed by atoms with Gasteiger partial charge in [-0.1, -0.05) is 23.7 Å². The molecule has 1 fully saturated rings. The molecule has 0 aliphatic carbocycles. The zero-order valence-electron chi connectivity index (χ0n) is 7.93. The van der Waals surface area contributed by atoms with Crippen LogP contribution in [0.2, 0.25) is 5.02 Å². The summed E-state index contributed by atoms with van der Waals surface area (Å²) in [6.45, 7) is 0.338. The molecule has 1 aromatic rings. The first-order chi connectivity index (χ1) is 7.07. The molecule has 4 nitrogen and oxygen atoms in total. The predicted molar refractivity (Wildman–Crippen MR) is 57.6 cm³/mol. The van der Waals surface area contributed by atoms with Crippen LogP contribution in [0.15, 0.2) is 24.3 Å². The molecule has 1 aliphatic heterocycles. The standard InChI is InChI=1S/C9H11ClNO3P/c10-8-3-1-2-7(6-8)9-4-5-13-15(11,12)14-9/h1-3,6,9H,4-5H2,(H2,11,12)/t9-,15+/m0/s1. The molecule has 2 atom stereocenters. The Morgan fingerprint density at radius 2 is 2.33 bits per heavy atom. The first-order valence-corrected chi connectivity index (χ1v) is 6.53. The van der Waals surface area contributed by atoms with Crippen LogP contribution >= 0.6 is 19.3 Å². The zero-order valence-corrected chi connectivity index (χ0v) is 9.58. The van der Waals surface area contributed by atoms with Gasteiger partial charge in [0.05, 0.1) is 12.7 Å². The Morgan fingerprint density at radius 1 is 1.53 bits per heavy atom. The summed E-state index contributed by atoms with van der Waals surface area (Å²) in [5.41, 5.74) is 6.19. The first-order valence-electron chi connectivity index (χ1n) is 4.54. The van der Waals surface area contributed by atoms with Crippen molar-refractivity contribution in [3.05, 3.63) is 34.9 Å². The van der Waals surface area contributed by atoms with Gasteiger partial charge in [0.15, 0.2) is 0 Å². The fourth-order valence-corrected chi connectivity index (χ4v) is 2.68. The van der Waals surface area contributed by atoms with E-state index < -0.39 is 7.75 Å². The van der Waals surface area contributed by atoms with Crippen LogP contribution in [0.25, 0.3) is 0 Å². The quantitative estimate of drug-likeness (QED) is 0.775. The molecule has 1 aliphatic rings. The van der Waals surface area contributed by atoms with Gasteiger partial charge in [-0.25, -0.2) is 10.1 Å². The minimum Gasteiger partial charge on any atom is -0.297 e.